The molecule has 0 saturated carbocycles. The van der Waals surface area contributed by atoms with E-state index in [0.29, 0.717) is 5.92 Å². The number of hydrogen-bond acceptors (Lipinski definition) is 4. The molecule has 1 aromatic heterocycles. The van der Waals surface area contributed by atoms with Crippen LogP contribution in [0.2, 0.25) is 5.02 Å². The summed E-state index contributed by atoms with van der Waals surface area (Å²) in [6.07, 6.45) is 4.67. The van der Waals surface area contributed by atoms with Crippen LogP contribution in [0.4, 0.5) is 0 Å². The molecule has 1 aromatic carbocycles. The highest BCUT2D eigenvalue weighted by molar-refractivity contribution is 6.31. The molecule has 1 aliphatic heterocycles. The zero-order chi connectivity index (χ0) is 16.2. The number of rotatable bonds is 6. The van der Waals surface area contributed by atoms with Crippen molar-refractivity contribution in [1.29, 1.82) is 0 Å². The predicted octanol–water partition coefficient (Wildman–Crippen LogP) is 3.50. The van der Waals surface area contributed by atoms with Crippen LogP contribution in [0, 0.1) is 5.92 Å². The summed E-state index contributed by atoms with van der Waals surface area (Å²) in [6, 6.07) is 5.95. The van der Waals surface area contributed by atoms with Crippen LogP contribution < -0.4 is 10.1 Å². The van der Waals surface area contributed by atoms with Crippen molar-refractivity contribution >= 4 is 11.6 Å². The minimum atomic E-state index is 0.0380. The Morgan fingerprint density at radius 3 is 3.09 bits per heavy atom. The third-order valence-electron chi connectivity index (χ3n) is 4.36. The molecule has 0 spiro atoms. The summed E-state index contributed by atoms with van der Waals surface area (Å²) in [4.78, 5) is 7.47. The number of nitrogens with zero attached hydrogens (tertiary/aromatic N) is 1. The summed E-state index contributed by atoms with van der Waals surface area (Å²) in [6.45, 7) is 3.75. The van der Waals surface area contributed by atoms with Gasteiger partial charge in [0, 0.05) is 42.5 Å². The predicted molar refractivity (Wildman–Crippen MR) is 89.8 cm³/mol. The molecule has 1 saturated heterocycles. The Morgan fingerprint density at radius 1 is 1.52 bits per heavy atom. The molecular weight excluding hydrogens is 314 g/mol. The Balaban J connectivity index is 1.61. The molecule has 0 bridgehead atoms. The van der Waals surface area contributed by atoms with Gasteiger partial charge in [-0.1, -0.05) is 17.7 Å². The number of aromatic nitrogens is 2. The van der Waals surface area contributed by atoms with Crippen LogP contribution in [0.3, 0.4) is 0 Å². The first-order chi connectivity index (χ1) is 11.2. The minimum Gasteiger partial charge on any atom is -0.497 e. The van der Waals surface area contributed by atoms with E-state index in [1.54, 1.807) is 13.3 Å². The SMILES string of the molecule is COc1ccc(C(C)NC[C@@H]2CCO[C@H]2c2ncc[nH]2)c(Cl)c1. The lowest BCUT2D eigenvalue weighted by Gasteiger charge is -2.21. The number of methoxy groups -OCH3 is 1. The van der Waals surface area contributed by atoms with E-state index in [1.807, 2.05) is 24.4 Å². The van der Waals surface area contributed by atoms with Gasteiger partial charge >= 0.3 is 0 Å². The number of halogens is 1. The molecule has 124 valence electrons. The monoisotopic (exact) mass is 335 g/mol. The van der Waals surface area contributed by atoms with E-state index in [0.717, 1.165) is 41.7 Å². The van der Waals surface area contributed by atoms with Crippen LogP contribution in [0.25, 0.3) is 0 Å². The van der Waals surface area contributed by atoms with Crippen molar-refractivity contribution in [3.8, 4) is 5.75 Å². The van der Waals surface area contributed by atoms with Gasteiger partial charge in [0.15, 0.2) is 0 Å². The molecule has 2 N–H and O–H groups in total. The summed E-state index contributed by atoms with van der Waals surface area (Å²) in [5.74, 6) is 2.08. The summed E-state index contributed by atoms with van der Waals surface area (Å²) < 4.78 is 11.0. The van der Waals surface area contributed by atoms with E-state index in [1.165, 1.54) is 0 Å². The molecule has 3 atom stereocenters. The van der Waals surface area contributed by atoms with Gasteiger partial charge in [-0.25, -0.2) is 4.98 Å². The molecule has 1 fully saturated rings. The second-order valence-corrected chi connectivity index (χ2v) is 6.24. The zero-order valence-electron chi connectivity index (χ0n) is 13.4. The van der Waals surface area contributed by atoms with E-state index in [2.05, 4.69) is 22.2 Å². The van der Waals surface area contributed by atoms with Crippen molar-refractivity contribution in [1.82, 2.24) is 15.3 Å². The van der Waals surface area contributed by atoms with Crippen molar-refractivity contribution < 1.29 is 9.47 Å². The molecule has 5 nitrogen and oxygen atoms in total. The van der Waals surface area contributed by atoms with Gasteiger partial charge in [0.25, 0.3) is 0 Å². The smallest absolute Gasteiger partial charge is 0.135 e. The average molecular weight is 336 g/mol. The van der Waals surface area contributed by atoms with E-state index in [9.17, 15) is 0 Å². The molecule has 1 unspecified atom stereocenters. The van der Waals surface area contributed by atoms with Gasteiger partial charge in [0.05, 0.1) is 7.11 Å². The number of nitrogens with one attached hydrogen (secondary N) is 2. The van der Waals surface area contributed by atoms with E-state index >= 15 is 0 Å². The molecule has 2 heterocycles. The maximum Gasteiger partial charge on any atom is 0.135 e. The Labute approximate surface area is 141 Å². The standard InChI is InChI=1S/C17H22ClN3O2/c1-11(14-4-3-13(22-2)9-15(14)18)21-10-12-5-8-23-16(12)17-19-6-7-20-17/h3-4,6-7,9,11-12,16,21H,5,8,10H2,1-2H3,(H,19,20)/t11?,12-,16+/m0/s1. The number of benzene rings is 1. The number of aromatic amines is 1. The van der Waals surface area contributed by atoms with Crippen molar-refractivity contribution in [3.63, 3.8) is 0 Å². The summed E-state index contributed by atoms with van der Waals surface area (Å²) >= 11 is 6.35. The first kappa shape index (κ1) is 16.3. The van der Waals surface area contributed by atoms with Gasteiger partial charge in [-0.05, 0) is 31.0 Å². The molecular formula is C17H22ClN3O2. The van der Waals surface area contributed by atoms with E-state index in [-0.39, 0.29) is 12.1 Å². The molecule has 2 aromatic rings. The van der Waals surface area contributed by atoms with Crippen LogP contribution in [-0.2, 0) is 4.74 Å². The Hall–Kier alpha value is -1.56. The number of ether oxygens (including phenoxy) is 2. The average Bonchev–Trinajstić information content (AvgIpc) is 3.23. The highest BCUT2D eigenvalue weighted by atomic mass is 35.5. The Kier molecular flexibility index (Phi) is 5.20. The minimum absolute atomic E-state index is 0.0380. The molecule has 0 amide bonds. The maximum absolute atomic E-state index is 6.35. The quantitative estimate of drug-likeness (QED) is 0.848. The third-order valence-corrected chi connectivity index (χ3v) is 4.69. The highest BCUT2D eigenvalue weighted by Gasteiger charge is 2.31. The summed E-state index contributed by atoms with van der Waals surface area (Å²) in [7, 11) is 1.64. The van der Waals surface area contributed by atoms with Crippen molar-refractivity contribution in [2.75, 3.05) is 20.3 Å². The lowest BCUT2D eigenvalue weighted by atomic mass is 9.99. The summed E-state index contributed by atoms with van der Waals surface area (Å²) in [5, 5.41) is 4.28. The lowest BCUT2D eigenvalue weighted by Crippen LogP contribution is -2.28. The largest absolute Gasteiger partial charge is 0.497 e. The fourth-order valence-corrected chi connectivity index (χ4v) is 3.34. The first-order valence-corrected chi connectivity index (χ1v) is 8.24. The molecule has 1 aliphatic rings. The van der Waals surface area contributed by atoms with Crippen LogP contribution in [-0.4, -0.2) is 30.2 Å². The zero-order valence-corrected chi connectivity index (χ0v) is 14.1. The van der Waals surface area contributed by atoms with Gasteiger partial charge < -0.3 is 19.8 Å². The van der Waals surface area contributed by atoms with Gasteiger partial charge in [0.1, 0.15) is 17.7 Å². The Morgan fingerprint density at radius 2 is 2.39 bits per heavy atom. The van der Waals surface area contributed by atoms with Crippen LogP contribution in [0.1, 0.15) is 36.9 Å². The topological polar surface area (TPSA) is 59.2 Å². The summed E-state index contributed by atoms with van der Waals surface area (Å²) in [5.41, 5.74) is 1.07. The van der Waals surface area contributed by atoms with Gasteiger partial charge in [-0.15, -0.1) is 0 Å². The molecule has 3 rings (SSSR count). The molecule has 23 heavy (non-hydrogen) atoms. The first-order valence-electron chi connectivity index (χ1n) is 7.86. The van der Waals surface area contributed by atoms with Crippen molar-refractivity contribution in [2.24, 2.45) is 5.92 Å². The number of hydrogen-bond donors (Lipinski definition) is 2. The van der Waals surface area contributed by atoms with Gasteiger partial charge in [0.2, 0.25) is 0 Å². The van der Waals surface area contributed by atoms with Crippen LogP contribution in [0.5, 0.6) is 5.75 Å². The fraction of sp³-hybridized carbons (Fsp3) is 0.471. The molecule has 6 heteroatoms. The van der Waals surface area contributed by atoms with Crippen LogP contribution in [0.15, 0.2) is 30.6 Å². The maximum atomic E-state index is 6.35. The third kappa shape index (κ3) is 3.68. The van der Waals surface area contributed by atoms with E-state index < -0.39 is 0 Å². The van der Waals surface area contributed by atoms with Crippen LogP contribution >= 0.6 is 11.6 Å². The normalized spacial score (nSPS) is 22.2. The highest BCUT2D eigenvalue weighted by Crippen LogP contribution is 2.33. The molecule has 0 radical (unpaired) electrons. The van der Waals surface area contributed by atoms with Gasteiger partial charge in [-0.3, -0.25) is 0 Å². The van der Waals surface area contributed by atoms with Crippen molar-refractivity contribution in [3.05, 3.63) is 47.0 Å². The molecule has 0 aliphatic carbocycles. The van der Waals surface area contributed by atoms with Gasteiger partial charge in [-0.2, -0.15) is 0 Å². The second-order valence-electron chi connectivity index (χ2n) is 5.83. The lowest BCUT2D eigenvalue weighted by molar-refractivity contribution is 0.0834. The number of imidazole rings is 1. The second kappa shape index (κ2) is 7.34. The number of H-pyrrole nitrogens is 1. The fourth-order valence-electron chi connectivity index (χ4n) is 3.00. The van der Waals surface area contributed by atoms with E-state index in [4.69, 9.17) is 21.1 Å². The van der Waals surface area contributed by atoms with Crippen molar-refractivity contribution in [2.45, 2.75) is 25.5 Å². The Bertz CT molecular complexity index is 633.